The van der Waals surface area contributed by atoms with E-state index in [2.05, 4.69) is 25.6 Å². The Morgan fingerprint density at radius 3 is 2.80 bits per heavy atom. The summed E-state index contributed by atoms with van der Waals surface area (Å²) in [5.41, 5.74) is 5.46. The van der Waals surface area contributed by atoms with E-state index < -0.39 is 10.0 Å². The van der Waals surface area contributed by atoms with Crippen molar-refractivity contribution in [2.24, 2.45) is 5.73 Å². The second-order valence-electron chi connectivity index (χ2n) is 3.17. The quantitative estimate of drug-likeness (QED) is 0.845. The maximum Gasteiger partial charge on any atom is 0.242 e. The maximum absolute atomic E-state index is 11.7. The number of sulfonamides is 1. The molecule has 0 saturated heterocycles. The fourth-order valence-electron chi connectivity index (χ4n) is 0.864. The lowest BCUT2D eigenvalue weighted by molar-refractivity contribution is 0.573. The van der Waals surface area contributed by atoms with Crippen molar-refractivity contribution < 1.29 is 8.42 Å². The Labute approximate surface area is 97.3 Å². The van der Waals surface area contributed by atoms with Crippen LogP contribution in [0.5, 0.6) is 0 Å². The SMILES string of the molecule is CC(N)CNS(=O)(=O)c1cncc(Br)c1. The van der Waals surface area contributed by atoms with Crippen LogP contribution in [0.25, 0.3) is 0 Å². The number of pyridine rings is 1. The Balaban J connectivity index is 2.87. The van der Waals surface area contributed by atoms with Crippen molar-refractivity contribution in [3.05, 3.63) is 22.9 Å². The average Bonchev–Trinajstić information content (AvgIpc) is 2.15. The standard InChI is InChI=1S/C8H12BrN3O2S/c1-6(10)3-12-15(13,14)8-2-7(9)4-11-5-8/h2,4-6,12H,3,10H2,1H3. The van der Waals surface area contributed by atoms with E-state index in [9.17, 15) is 8.42 Å². The van der Waals surface area contributed by atoms with Gasteiger partial charge in [0.2, 0.25) is 10.0 Å². The molecule has 7 heteroatoms. The first-order chi connectivity index (χ1) is 6.92. The number of rotatable bonds is 4. The summed E-state index contributed by atoms with van der Waals surface area (Å²) in [6.45, 7) is 1.93. The molecule has 1 atom stereocenters. The minimum absolute atomic E-state index is 0.123. The molecule has 0 aliphatic carbocycles. The van der Waals surface area contributed by atoms with Gasteiger partial charge in [-0.3, -0.25) is 4.98 Å². The molecule has 1 unspecified atom stereocenters. The van der Waals surface area contributed by atoms with Crippen molar-refractivity contribution in [3.63, 3.8) is 0 Å². The number of aromatic nitrogens is 1. The van der Waals surface area contributed by atoms with E-state index in [1.807, 2.05) is 0 Å². The molecule has 84 valence electrons. The van der Waals surface area contributed by atoms with Crippen LogP contribution in [0.1, 0.15) is 6.92 Å². The number of nitrogens with two attached hydrogens (primary N) is 1. The van der Waals surface area contributed by atoms with Gasteiger partial charge < -0.3 is 5.73 Å². The normalized spacial score (nSPS) is 13.8. The third-order valence-electron chi connectivity index (χ3n) is 1.59. The summed E-state index contributed by atoms with van der Waals surface area (Å²) in [6.07, 6.45) is 2.80. The molecule has 0 aromatic carbocycles. The van der Waals surface area contributed by atoms with Crippen molar-refractivity contribution >= 4 is 26.0 Å². The molecule has 0 amide bonds. The Morgan fingerprint density at radius 2 is 2.27 bits per heavy atom. The van der Waals surface area contributed by atoms with E-state index in [-0.39, 0.29) is 17.5 Å². The summed E-state index contributed by atoms with van der Waals surface area (Å²) < 4.78 is 26.3. The highest BCUT2D eigenvalue weighted by molar-refractivity contribution is 9.10. The summed E-state index contributed by atoms with van der Waals surface area (Å²) in [5, 5.41) is 0. The molecule has 0 saturated carbocycles. The van der Waals surface area contributed by atoms with Crippen molar-refractivity contribution in [2.45, 2.75) is 17.9 Å². The molecule has 0 aliphatic rings. The van der Waals surface area contributed by atoms with Crippen molar-refractivity contribution in [3.8, 4) is 0 Å². The summed E-state index contributed by atoms with van der Waals surface area (Å²) in [5.74, 6) is 0. The van der Waals surface area contributed by atoms with Gasteiger partial charge in [-0.2, -0.15) is 0 Å². The van der Waals surface area contributed by atoms with Gasteiger partial charge in [0.1, 0.15) is 4.90 Å². The van der Waals surface area contributed by atoms with Gasteiger partial charge in [-0.25, -0.2) is 13.1 Å². The topological polar surface area (TPSA) is 85.1 Å². The van der Waals surface area contributed by atoms with Crippen LogP contribution in [-0.4, -0.2) is 26.0 Å². The Hall–Kier alpha value is -0.500. The van der Waals surface area contributed by atoms with E-state index in [1.54, 1.807) is 6.92 Å². The zero-order valence-corrected chi connectivity index (χ0v) is 10.5. The summed E-state index contributed by atoms with van der Waals surface area (Å²) in [6, 6.07) is 1.26. The van der Waals surface area contributed by atoms with Crippen LogP contribution in [0.3, 0.4) is 0 Å². The van der Waals surface area contributed by atoms with Gasteiger partial charge in [-0.15, -0.1) is 0 Å². The highest BCUT2D eigenvalue weighted by Crippen LogP contribution is 2.13. The average molecular weight is 294 g/mol. The van der Waals surface area contributed by atoms with E-state index >= 15 is 0 Å². The third-order valence-corrected chi connectivity index (χ3v) is 3.41. The number of halogens is 1. The molecular weight excluding hydrogens is 282 g/mol. The summed E-state index contributed by atoms with van der Waals surface area (Å²) in [7, 11) is -3.50. The summed E-state index contributed by atoms with van der Waals surface area (Å²) in [4.78, 5) is 3.90. The van der Waals surface area contributed by atoms with Crippen LogP contribution in [0, 0.1) is 0 Å². The molecule has 0 aliphatic heterocycles. The molecule has 3 N–H and O–H groups in total. The summed E-state index contributed by atoms with van der Waals surface area (Å²) >= 11 is 3.16. The number of hydrogen-bond donors (Lipinski definition) is 2. The van der Waals surface area contributed by atoms with E-state index in [0.717, 1.165) is 0 Å². The number of nitrogens with zero attached hydrogens (tertiary/aromatic N) is 1. The van der Waals surface area contributed by atoms with Crippen LogP contribution in [0.15, 0.2) is 27.8 Å². The predicted octanol–water partition coefficient (Wildman–Crippen LogP) is 0.470. The van der Waals surface area contributed by atoms with Gasteiger partial charge in [0.05, 0.1) is 0 Å². The van der Waals surface area contributed by atoms with E-state index in [0.29, 0.717) is 4.47 Å². The van der Waals surface area contributed by atoms with Crippen LogP contribution in [0.4, 0.5) is 0 Å². The molecule has 0 fully saturated rings. The van der Waals surface area contributed by atoms with Crippen molar-refractivity contribution in [1.82, 2.24) is 9.71 Å². The first kappa shape index (κ1) is 12.6. The number of hydrogen-bond acceptors (Lipinski definition) is 4. The highest BCUT2D eigenvalue weighted by Gasteiger charge is 2.14. The molecule has 1 heterocycles. The Kier molecular flexibility index (Phi) is 4.21. The molecule has 1 aromatic heterocycles. The molecule has 5 nitrogen and oxygen atoms in total. The fraction of sp³-hybridized carbons (Fsp3) is 0.375. The number of nitrogens with one attached hydrogen (secondary N) is 1. The third kappa shape index (κ3) is 3.86. The van der Waals surface area contributed by atoms with Crippen LogP contribution < -0.4 is 10.5 Å². The zero-order chi connectivity index (χ0) is 11.5. The van der Waals surface area contributed by atoms with Gasteiger partial charge in [0.15, 0.2) is 0 Å². The first-order valence-electron chi connectivity index (χ1n) is 4.27. The fourth-order valence-corrected chi connectivity index (χ4v) is 2.51. The van der Waals surface area contributed by atoms with Gasteiger partial charge in [-0.1, -0.05) is 0 Å². The van der Waals surface area contributed by atoms with Gasteiger partial charge >= 0.3 is 0 Å². The van der Waals surface area contributed by atoms with Crippen LogP contribution >= 0.6 is 15.9 Å². The first-order valence-corrected chi connectivity index (χ1v) is 6.55. The molecule has 0 radical (unpaired) electrons. The van der Waals surface area contributed by atoms with Gasteiger partial charge in [0, 0.05) is 29.5 Å². The lowest BCUT2D eigenvalue weighted by Gasteiger charge is -2.08. The highest BCUT2D eigenvalue weighted by atomic mass is 79.9. The lowest BCUT2D eigenvalue weighted by atomic mass is 10.4. The van der Waals surface area contributed by atoms with Gasteiger partial charge in [0.25, 0.3) is 0 Å². The van der Waals surface area contributed by atoms with Crippen LogP contribution in [-0.2, 0) is 10.0 Å². The minimum atomic E-state index is -3.50. The molecule has 0 bridgehead atoms. The predicted molar refractivity (Wildman–Crippen MR) is 60.8 cm³/mol. The smallest absolute Gasteiger partial charge is 0.242 e. The van der Waals surface area contributed by atoms with Crippen molar-refractivity contribution in [1.29, 1.82) is 0 Å². The van der Waals surface area contributed by atoms with E-state index in [4.69, 9.17) is 5.73 Å². The second kappa shape index (κ2) is 5.02. The molecule has 0 spiro atoms. The van der Waals surface area contributed by atoms with Crippen LogP contribution in [0.2, 0.25) is 0 Å². The molecule has 1 aromatic rings. The molecule has 1 rings (SSSR count). The largest absolute Gasteiger partial charge is 0.327 e. The van der Waals surface area contributed by atoms with Crippen molar-refractivity contribution in [2.75, 3.05) is 6.54 Å². The molecular formula is C8H12BrN3O2S. The zero-order valence-electron chi connectivity index (χ0n) is 8.14. The minimum Gasteiger partial charge on any atom is -0.327 e. The molecule has 15 heavy (non-hydrogen) atoms. The second-order valence-corrected chi connectivity index (χ2v) is 5.85. The Bertz CT molecular complexity index is 433. The maximum atomic E-state index is 11.7. The lowest BCUT2D eigenvalue weighted by Crippen LogP contribution is -2.35. The van der Waals surface area contributed by atoms with Gasteiger partial charge in [-0.05, 0) is 28.9 Å². The Morgan fingerprint density at radius 1 is 1.60 bits per heavy atom. The monoisotopic (exact) mass is 293 g/mol. The van der Waals surface area contributed by atoms with E-state index in [1.165, 1.54) is 18.5 Å².